The molecule has 5 heteroatoms. The Kier molecular flexibility index (Phi) is 3.45. The quantitative estimate of drug-likeness (QED) is 0.796. The van der Waals surface area contributed by atoms with Crippen molar-refractivity contribution in [2.24, 2.45) is 0 Å². The van der Waals surface area contributed by atoms with E-state index < -0.39 is 17.5 Å². The van der Waals surface area contributed by atoms with Gasteiger partial charge in [0.25, 0.3) is 0 Å². The molecule has 0 aliphatic heterocycles. The number of nitrogens with zero attached hydrogens (tertiary/aromatic N) is 1. The number of hydrogen-bond acceptors (Lipinski definition) is 3. The molecule has 0 N–H and O–H groups in total. The Morgan fingerprint density at radius 3 is 2.78 bits per heavy atom. The fourth-order valence-corrected chi connectivity index (χ4v) is 1.85. The fourth-order valence-electron chi connectivity index (χ4n) is 1.58. The number of furan rings is 1. The van der Waals surface area contributed by atoms with Crippen molar-refractivity contribution in [2.45, 2.75) is 5.92 Å². The number of ketones is 1. The summed E-state index contributed by atoms with van der Waals surface area (Å²) in [6.45, 7) is 0. The van der Waals surface area contributed by atoms with E-state index in [9.17, 15) is 9.18 Å². The molecular weight excluding hydrogens is 257 g/mol. The summed E-state index contributed by atoms with van der Waals surface area (Å²) in [4.78, 5) is 12.0. The average Bonchev–Trinajstić information content (AvgIpc) is 2.86. The van der Waals surface area contributed by atoms with Crippen molar-refractivity contribution in [2.75, 3.05) is 0 Å². The minimum atomic E-state index is -1.07. The molecule has 1 unspecified atom stereocenters. The van der Waals surface area contributed by atoms with Crippen molar-refractivity contribution in [3.8, 4) is 6.07 Å². The monoisotopic (exact) mass is 263 g/mol. The van der Waals surface area contributed by atoms with E-state index in [2.05, 4.69) is 0 Å². The largest absolute Gasteiger partial charge is 0.472 e. The van der Waals surface area contributed by atoms with Gasteiger partial charge in [-0.2, -0.15) is 5.26 Å². The zero-order valence-corrected chi connectivity index (χ0v) is 9.82. The van der Waals surface area contributed by atoms with E-state index in [1.54, 1.807) is 0 Å². The number of hydrogen-bond donors (Lipinski definition) is 0. The summed E-state index contributed by atoms with van der Waals surface area (Å²) in [5, 5.41) is 9.14. The average molecular weight is 264 g/mol. The Labute approximate surface area is 107 Å². The van der Waals surface area contributed by atoms with E-state index in [0.717, 1.165) is 12.1 Å². The van der Waals surface area contributed by atoms with Gasteiger partial charge in [-0.05, 0) is 23.8 Å². The van der Waals surface area contributed by atoms with Gasteiger partial charge in [0.15, 0.2) is 5.78 Å². The van der Waals surface area contributed by atoms with Crippen LogP contribution in [0.5, 0.6) is 0 Å². The maximum atomic E-state index is 12.9. The topological polar surface area (TPSA) is 54.0 Å². The van der Waals surface area contributed by atoms with E-state index in [-0.39, 0.29) is 16.1 Å². The zero-order valence-electron chi connectivity index (χ0n) is 9.06. The molecule has 1 aromatic heterocycles. The number of halogens is 2. The van der Waals surface area contributed by atoms with Crippen molar-refractivity contribution in [1.82, 2.24) is 0 Å². The molecule has 1 aromatic carbocycles. The molecule has 2 aromatic rings. The molecule has 1 heterocycles. The van der Waals surface area contributed by atoms with Gasteiger partial charge in [-0.1, -0.05) is 17.7 Å². The lowest BCUT2D eigenvalue weighted by Gasteiger charge is -2.09. The first-order chi connectivity index (χ1) is 8.63. The van der Waals surface area contributed by atoms with Crippen molar-refractivity contribution < 1.29 is 13.6 Å². The molecule has 90 valence electrons. The molecule has 1 atom stereocenters. The molecule has 0 spiro atoms. The Balaban J connectivity index is 2.41. The Hall–Kier alpha value is -2.12. The van der Waals surface area contributed by atoms with Crippen LogP contribution in [0.15, 0.2) is 41.2 Å². The minimum Gasteiger partial charge on any atom is -0.472 e. The highest BCUT2D eigenvalue weighted by Crippen LogP contribution is 2.28. The smallest absolute Gasteiger partial charge is 0.187 e. The Morgan fingerprint density at radius 2 is 2.22 bits per heavy atom. The number of Topliss-reactive ketones (excluding diaryl/α,β-unsaturated/α-hetero) is 1. The maximum absolute atomic E-state index is 12.9. The maximum Gasteiger partial charge on any atom is 0.187 e. The summed E-state index contributed by atoms with van der Waals surface area (Å²) in [6, 6.07) is 6.90. The summed E-state index contributed by atoms with van der Waals surface area (Å²) < 4.78 is 17.7. The van der Waals surface area contributed by atoms with Crippen molar-refractivity contribution in [3.63, 3.8) is 0 Å². The van der Waals surface area contributed by atoms with Crippen LogP contribution in [0.25, 0.3) is 0 Å². The van der Waals surface area contributed by atoms with Crippen LogP contribution >= 0.6 is 11.6 Å². The van der Waals surface area contributed by atoms with Crippen molar-refractivity contribution >= 4 is 17.4 Å². The third-order valence-electron chi connectivity index (χ3n) is 2.47. The lowest BCUT2D eigenvalue weighted by Crippen LogP contribution is -2.11. The number of carbonyl (C=O) groups is 1. The number of benzene rings is 1. The number of carbonyl (C=O) groups excluding carboxylic acids is 1. The summed E-state index contributed by atoms with van der Waals surface area (Å²) in [7, 11) is 0. The second-order valence-electron chi connectivity index (χ2n) is 3.60. The van der Waals surface area contributed by atoms with E-state index in [4.69, 9.17) is 21.3 Å². The van der Waals surface area contributed by atoms with Crippen LogP contribution < -0.4 is 0 Å². The molecule has 0 aliphatic rings. The molecule has 0 fully saturated rings. The van der Waals surface area contributed by atoms with Gasteiger partial charge in [0.2, 0.25) is 0 Å². The van der Waals surface area contributed by atoms with E-state index in [1.807, 2.05) is 6.07 Å². The van der Waals surface area contributed by atoms with Crippen molar-refractivity contribution in [1.29, 1.82) is 5.26 Å². The first-order valence-corrected chi connectivity index (χ1v) is 5.42. The van der Waals surface area contributed by atoms with Gasteiger partial charge in [0.05, 0.1) is 17.9 Å². The molecule has 18 heavy (non-hydrogen) atoms. The van der Waals surface area contributed by atoms with Crippen molar-refractivity contribution in [3.05, 3.63) is 58.8 Å². The molecule has 3 nitrogen and oxygen atoms in total. The third kappa shape index (κ3) is 2.27. The highest BCUT2D eigenvalue weighted by molar-refractivity contribution is 6.31. The van der Waals surface area contributed by atoms with E-state index >= 15 is 0 Å². The second kappa shape index (κ2) is 5.03. The predicted octanol–water partition coefficient (Wildman–Crippen LogP) is 3.56. The second-order valence-corrected chi connectivity index (χ2v) is 4.01. The van der Waals surface area contributed by atoms with Gasteiger partial charge in [0.1, 0.15) is 18.0 Å². The normalized spacial score (nSPS) is 11.8. The van der Waals surface area contributed by atoms with Gasteiger partial charge in [-0.15, -0.1) is 0 Å². The zero-order chi connectivity index (χ0) is 13.1. The summed E-state index contributed by atoms with van der Waals surface area (Å²) in [5.41, 5.74) is 0.564. The Morgan fingerprint density at radius 1 is 1.44 bits per heavy atom. The molecule has 0 saturated carbocycles. The Bertz CT molecular complexity index is 616. The molecule has 0 amide bonds. The number of rotatable bonds is 3. The lowest BCUT2D eigenvalue weighted by molar-refractivity contribution is 0.0978. The SMILES string of the molecule is N#CC(C(=O)c1ccoc1)c1ccc(F)cc1Cl. The van der Waals surface area contributed by atoms with Crippen LogP contribution in [0, 0.1) is 17.1 Å². The van der Waals surface area contributed by atoms with Gasteiger partial charge in [-0.3, -0.25) is 4.79 Å². The molecule has 0 bridgehead atoms. The first-order valence-electron chi connectivity index (χ1n) is 5.04. The standard InChI is InChI=1S/C13H7ClFNO2/c14-12-5-9(15)1-2-10(12)11(6-16)13(17)8-3-4-18-7-8/h1-5,7,11H. The summed E-state index contributed by atoms with van der Waals surface area (Å²) in [6.07, 6.45) is 2.60. The van der Waals surface area contributed by atoms with E-state index in [1.165, 1.54) is 24.7 Å². The summed E-state index contributed by atoms with van der Waals surface area (Å²) >= 11 is 5.84. The summed E-state index contributed by atoms with van der Waals surface area (Å²) in [5.74, 6) is -2.02. The van der Waals surface area contributed by atoms with Gasteiger partial charge in [-0.25, -0.2) is 4.39 Å². The third-order valence-corrected chi connectivity index (χ3v) is 2.80. The van der Waals surface area contributed by atoms with Crippen LogP contribution in [-0.2, 0) is 0 Å². The van der Waals surface area contributed by atoms with Crippen LogP contribution in [0.1, 0.15) is 21.8 Å². The highest BCUT2D eigenvalue weighted by Gasteiger charge is 2.24. The van der Waals surface area contributed by atoms with Crippen LogP contribution in [0.4, 0.5) is 4.39 Å². The molecule has 0 saturated heterocycles. The first kappa shape index (κ1) is 12.3. The fraction of sp³-hybridized carbons (Fsp3) is 0.0769. The van der Waals surface area contributed by atoms with Gasteiger partial charge < -0.3 is 4.42 Å². The lowest BCUT2D eigenvalue weighted by atomic mass is 9.93. The molecule has 0 aliphatic carbocycles. The molecule has 0 radical (unpaired) electrons. The number of nitriles is 1. The van der Waals surface area contributed by atoms with Crippen LogP contribution in [-0.4, -0.2) is 5.78 Å². The van der Waals surface area contributed by atoms with Crippen LogP contribution in [0.2, 0.25) is 5.02 Å². The van der Waals surface area contributed by atoms with Gasteiger partial charge >= 0.3 is 0 Å². The van der Waals surface area contributed by atoms with E-state index in [0.29, 0.717) is 0 Å². The van der Waals surface area contributed by atoms with Crippen LogP contribution in [0.3, 0.4) is 0 Å². The minimum absolute atomic E-state index is 0.0541. The molecular formula is C13H7ClFNO2. The van der Waals surface area contributed by atoms with Gasteiger partial charge in [0, 0.05) is 5.02 Å². The predicted molar refractivity (Wildman–Crippen MR) is 62.8 cm³/mol. The highest BCUT2D eigenvalue weighted by atomic mass is 35.5. The molecule has 2 rings (SSSR count).